The third kappa shape index (κ3) is 5.42. The fraction of sp³-hybridized carbons (Fsp3) is 0.909. The molecule has 0 spiro atoms. The van der Waals surface area contributed by atoms with Gasteiger partial charge < -0.3 is 16.0 Å². The first kappa shape index (κ1) is 19.3. The molecule has 0 saturated heterocycles. The Balaban J connectivity index is 0. The van der Waals surface area contributed by atoms with Gasteiger partial charge >= 0.3 is 0 Å². The number of carbonyl (C=O) groups excluding carboxylic acids is 1. The lowest BCUT2D eigenvalue weighted by molar-refractivity contribution is -0.121. The summed E-state index contributed by atoms with van der Waals surface area (Å²) < 4.78 is 0. The molecule has 17 heavy (non-hydrogen) atoms. The Morgan fingerprint density at radius 3 is 2.24 bits per heavy atom. The number of halogens is 2. The van der Waals surface area contributed by atoms with E-state index in [1.165, 1.54) is 25.7 Å². The molecule has 0 heterocycles. The lowest BCUT2D eigenvalue weighted by Gasteiger charge is -2.36. The van der Waals surface area contributed by atoms with Crippen LogP contribution < -0.4 is 11.1 Å². The second-order valence-electron chi connectivity index (χ2n) is 4.64. The minimum Gasteiger partial charge on any atom is -0.354 e. The van der Waals surface area contributed by atoms with Crippen molar-refractivity contribution in [3.8, 4) is 0 Å². The Kier molecular flexibility index (Phi) is 10.2. The van der Waals surface area contributed by atoms with Gasteiger partial charge in [0.15, 0.2) is 0 Å². The molecule has 1 rings (SSSR count). The van der Waals surface area contributed by atoms with Crippen LogP contribution in [-0.2, 0) is 4.79 Å². The number of nitrogens with one attached hydrogen (secondary N) is 1. The van der Waals surface area contributed by atoms with Crippen LogP contribution in [0.25, 0.3) is 0 Å². The molecule has 1 aliphatic carbocycles. The Morgan fingerprint density at radius 1 is 1.29 bits per heavy atom. The quantitative estimate of drug-likeness (QED) is 0.797. The van der Waals surface area contributed by atoms with Gasteiger partial charge in [0.05, 0.1) is 0 Å². The predicted molar refractivity (Wildman–Crippen MR) is 76.1 cm³/mol. The lowest BCUT2D eigenvalue weighted by Crippen LogP contribution is -2.50. The minimum atomic E-state index is 0. The summed E-state index contributed by atoms with van der Waals surface area (Å²) in [5.41, 5.74) is 5.52. The van der Waals surface area contributed by atoms with E-state index in [-0.39, 0.29) is 36.3 Å². The molecule has 0 bridgehead atoms. The Labute approximate surface area is 117 Å². The fourth-order valence-electron chi connectivity index (χ4n) is 2.30. The van der Waals surface area contributed by atoms with Crippen molar-refractivity contribution in [3.05, 3.63) is 0 Å². The molecule has 104 valence electrons. The van der Waals surface area contributed by atoms with Gasteiger partial charge in [-0.3, -0.25) is 4.79 Å². The van der Waals surface area contributed by atoms with E-state index in [4.69, 9.17) is 5.73 Å². The molecule has 0 atom stereocenters. The largest absolute Gasteiger partial charge is 0.354 e. The summed E-state index contributed by atoms with van der Waals surface area (Å²) in [6.45, 7) is 1.19. The van der Waals surface area contributed by atoms with E-state index in [0.717, 1.165) is 6.54 Å². The van der Waals surface area contributed by atoms with Gasteiger partial charge in [0.2, 0.25) is 5.91 Å². The molecule has 0 aromatic rings. The van der Waals surface area contributed by atoms with Crippen LogP contribution in [-0.4, -0.2) is 43.5 Å². The standard InChI is InChI=1S/C11H23N3O.2ClH/c1-14(2)11(6-3-4-7-11)9-13-10(15)5-8-12;;/h3-9,12H2,1-2H3,(H,13,15);2*1H. The van der Waals surface area contributed by atoms with Crippen molar-refractivity contribution in [2.24, 2.45) is 5.73 Å². The summed E-state index contributed by atoms with van der Waals surface area (Å²) in [6.07, 6.45) is 5.34. The van der Waals surface area contributed by atoms with Crippen molar-refractivity contribution in [1.82, 2.24) is 10.2 Å². The van der Waals surface area contributed by atoms with Crippen LogP contribution in [0.3, 0.4) is 0 Å². The molecule has 1 amide bonds. The molecule has 0 unspecified atom stereocenters. The molecule has 0 aliphatic heterocycles. The number of rotatable bonds is 5. The van der Waals surface area contributed by atoms with Gasteiger partial charge in [0, 0.05) is 25.0 Å². The maximum absolute atomic E-state index is 11.4. The number of carbonyl (C=O) groups is 1. The summed E-state index contributed by atoms with van der Waals surface area (Å²) in [5.74, 6) is 0.0747. The molecule has 4 nitrogen and oxygen atoms in total. The van der Waals surface area contributed by atoms with Gasteiger partial charge in [-0.05, 0) is 26.9 Å². The highest BCUT2D eigenvalue weighted by Gasteiger charge is 2.35. The molecule has 1 saturated carbocycles. The zero-order valence-corrected chi connectivity index (χ0v) is 12.3. The van der Waals surface area contributed by atoms with Gasteiger partial charge in [-0.25, -0.2) is 0 Å². The van der Waals surface area contributed by atoms with Crippen molar-refractivity contribution >= 4 is 30.7 Å². The fourth-order valence-corrected chi connectivity index (χ4v) is 2.30. The predicted octanol–water partition coefficient (Wildman–Crippen LogP) is 1.17. The topological polar surface area (TPSA) is 58.4 Å². The molecule has 1 aliphatic rings. The molecule has 0 aromatic carbocycles. The van der Waals surface area contributed by atoms with Crippen LogP contribution in [0.5, 0.6) is 0 Å². The van der Waals surface area contributed by atoms with E-state index in [2.05, 4.69) is 24.3 Å². The summed E-state index contributed by atoms with van der Waals surface area (Å²) in [5, 5.41) is 2.99. The van der Waals surface area contributed by atoms with Crippen LogP contribution in [0.2, 0.25) is 0 Å². The normalized spacial score (nSPS) is 17.2. The number of amides is 1. The second-order valence-corrected chi connectivity index (χ2v) is 4.64. The highest BCUT2D eigenvalue weighted by Crippen LogP contribution is 2.32. The number of nitrogens with two attached hydrogens (primary N) is 1. The van der Waals surface area contributed by atoms with Crippen LogP contribution in [0.15, 0.2) is 0 Å². The average Bonchev–Trinajstić information content (AvgIpc) is 2.65. The maximum atomic E-state index is 11.4. The first-order valence-corrected chi connectivity index (χ1v) is 5.75. The van der Waals surface area contributed by atoms with E-state index in [9.17, 15) is 4.79 Å². The van der Waals surface area contributed by atoms with Gasteiger partial charge in [0.1, 0.15) is 0 Å². The number of nitrogens with zero attached hydrogens (tertiary/aromatic N) is 1. The lowest BCUT2D eigenvalue weighted by atomic mass is 9.96. The Bertz CT molecular complexity index is 219. The van der Waals surface area contributed by atoms with Crippen LogP contribution in [0, 0.1) is 0 Å². The van der Waals surface area contributed by atoms with Crippen molar-refractivity contribution in [1.29, 1.82) is 0 Å². The van der Waals surface area contributed by atoms with Gasteiger partial charge in [-0.15, -0.1) is 24.8 Å². The van der Waals surface area contributed by atoms with Crippen molar-refractivity contribution in [2.75, 3.05) is 27.2 Å². The molecule has 6 heteroatoms. The average molecular weight is 286 g/mol. The number of hydrogen-bond acceptors (Lipinski definition) is 3. The first-order chi connectivity index (χ1) is 7.10. The van der Waals surface area contributed by atoms with E-state index in [1.807, 2.05) is 0 Å². The summed E-state index contributed by atoms with van der Waals surface area (Å²) in [4.78, 5) is 13.6. The molecular weight excluding hydrogens is 261 g/mol. The Hall–Kier alpha value is -0.0300. The first-order valence-electron chi connectivity index (χ1n) is 5.75. The highest BCUT2D eigenvalue weighted by molar-refractivity contribution is 5.85. The number of hydrogen-bond donors (Lipinski definition) is 2. The minimum absolute atomic E-state index is 0. The monoisotopic (exact) mass is 285 g/mol. The SMILES string of the molecule is CN(C)C1(CNC(=O)CCN)CCCC1.Cl.Cl. The van der Waals surface area contributed by atoms with Crippen molar-refractivity contribution in [2.45, 2.75) is 37.6 Å². The van der Waals surface area contributed by atoms with Crippen LogP contribution in [0.1, 0.15) is 32.1 Å². The van der Waals surface area contributed by atoms with Crippen LogP contribution in [0.4, 0.5) is 0 Å². The molecule has 3 N–H and O–H groups in total. The third-order valence-corrected chi connectivity index (χ3v) is 3.47. The second kappa shape index (κ2) is 8.97. The van der Waals surface area contributed by atoms with Gasteiger partial charge in [0.25, 0.3) is 0 Å². The Morgan fingerprint density at radius 2 is 1.82 bits per heavy atom. The zero-order valence-electron chi connectivity index (χ0n) is 10.7. The maximum Gasteiger partial charge on any atom is 0.221 e. The van der Waals surface area contributed by atoms with E-state index in [0.29, 0.717) is 13.0 Å². The molecule has 0 aromatic heterocycles. The number of likely N-dealkylation sites (N-methyl/N-ethyl adjacent to an activating group) is 1. The molecule has 0 radical (unpaired) electrons. The smallest absolute Gasteiger partial charge is 0.221 e. The van der Waals surface area contributed by atoms with Crippen molar-refractivity contribution in [3.63, 3.8) is 0 Å². The van der Waals surface area contributed by atoms with Gasteiger partial charge in [-0.1, -0.05) is 12.8 Å². The van der Waals surface area contributed by atoms with Crippen LogP contribution >= 0.6 is 24.8 Å². The summed E-state index contributed by atoms with van der Waals surface area (Å²) in [6, 6.07) is 0. The van der Waals surface area contributed by atoms with E-state index in [1.54, 1.807) is 0 Å². The highest BCUT2D eigenvalue weighted by atomic mass is 35.5. The molecule has 1 fully saturated rings. The zero-order chi connectivity index (χ0) is 11.3. The van der Waals surface area contributed by atoms with Crippen molar-refractivity contribution < 1.29 is 4.79 Å². The van der Waals surface area contributed by atoms with Gasteiger partial charge in [-0.2, -0.15) is 0 Å². The van der Waals surface area contributed by atoms with E-state index >= 15 is 0 Å². The summed E-state index contributed by atoms with van der Waals surface area (Å²) >= 11 is 0. The molecular formula is C11H25Cl2N3O. The van der Waals surface area contributed by atoms with E-state index < -0.39 is 0 Å². The summed E-state index contributed by atoms with van der Waals surface area (Å²) in [7, 11) is 4.20. The third-order valence-electron chi connectivity index (χ3n) is 3.47.